The molecule has 0 radical (unpaired) electrons. The van der Waals surface area contributed by atoms with Gasteiger partial charge in [-0.15, -0.1) is 0 Å². The Morgan fingerprint density at radius 3 is 1.23 bits per heavy atom. The number of benzene rings is 1. The molecule has 0 N–H and O–H groups in total. The predicted octanol–water partition coefficient (Wildman–Crippen LogP) is 4.33. The molecule has 0 heterocycles. The SMILES string of the molecule is COC(=O)c1cc(OC(=O)C(C)(C)C)c(OC(=O)C(C)(C)C)c(OC(=O)C(C)(C)C)c1. The van der Waals surface area contributed by atoms with Crippen LogP contribution >= 0.6 is 0 Å². The van der Waals surface area contributed by atoms with Gasteiger partial charge in [0.1, 0.15) is 0 Å². The van der Waals surface area contributed by atoms with Gasteiger partial charge in [-0.1, -0.05) is 0 Å². The maximum atomic E-state index is 12.6. The van der Waals surface area contributed by atoms with E-state index in [4.69, 9.17) is 18.9 Å². The van der Waals surface area contributed by atoms with Crippen molar-refractivity contribution >= 4 is 23.9 Å². The minimum atomic E-state index is -0.905. The van der Waals surface area contributed by atoms with Crippen LogP contribution in [-0.4, -0.2) is 31.0 Å². The van der Waals surface area contributed by atoms with Gasteiger partial charge < -0.3 is 18.9 Å². The van der Waals surface area contributed by atoms with E-state index < -0.39 is 40.1 Å². The quantitative estimate of drug-likeness (QED) is 0.507. The third-order valence-corrected chi connectivity index (χ3v) is 3.88. The lowest BCUT2D eigenvalue weighted by Gasteiger charge is -2.23. The van der Waals surface area contributed by atoms with E-state index in [1.807, 2.05) is 0 Å². The average molecular weight is 437 g/mol. The monoisotopic (exact) mass is 436 g/mol. The van der Waals surface area contributed by atoms with Crippen LogP contribution in [0, 0.1) is 16.2 Å². The molecule has 31 heavy (non-hydrogen) atoms. The van der Waals surface area contributed by atoms with Crippen LogP contribution < -0.4 is 14.2 Å². The molecule has 0 bridgehead atoms. The molecule has 0 unspecified atom stereocenters. The molecular formula is C23H32O8. The Morgan fingerprint density at radius 2 is 0.935 bits per heavy atom. The van der Waals surface area contributed by atoms with Gasteiger partial charge in [0.05, 0.1) is 28.9 Å². The van der Waals surface area contributed by atoms with Crippen LogP contribution in [0.5, 0.6) is 17.2 Å². The molecule has 0 aromatic heterocycles. The second kappa shape index (κ2) is 9.08. The van der Waals surface area contributed by atoms with Crippen LogP contribution in [0.25, 0.3) is 0 Å². The number of hydrogen-bond donors (Lipinski definition) is 0. The summed E-state index contributed by atoms with van der Waals surface area (Å²) in [6, 6.07) is 2.41. The van der Waals surface area contributed by atoms with Crippen molar-refractivity contribution in [2.45, 2.75) is 62.3 Å². The maximum absolute atomic E-state index is 12.6. The van der Waals surface area contributed by atoms with Crippen molar-refractivity contribution in [1.29, 1.82) is 0 Å². The first kappa shape index (κ1) is 26.1. The molecule has 0 fully saturated rings. The van der Waals surface area contributed by atoms with Gasteiger partial charge >= 0.3 is 23.9 Å². The number of rotatable bonds is 4. The molecule has 0 amide bonds. The highest BCUT2D eigenvalue weighted by Crippen LogP contribution is 2.42. The van der Waals surface area contributed by atoms with Gasteiger partial charge in [0.25, 0.3) is 0 Å². The largest absolute Gasteiger partial charge is 0.465 e. The third kappa shape index (κ3) is 7.08. The summed E-state index contributed by atoms with van der Waals surface area (Å²) < 4.78 is 21.1. The summed E-state index contributed by atoms with van der Waals surface area (Å²) in [6.45, 7) is 14.8. The highest BCUT2D eigenvalue weighted by atomic mass is 16.6. The van der Waals surface area contributed by atoms with Crippen molar-refractivity contribution in [3.8, 4) is 17.2 Å². The van der Waals surface area contributed by atoms with E-state index >= 15 is 0 Å². The minimum absolute atomic E-state index is 0.0496. The summed E-state index contributed by atoms with van der Waals surface area (Å²) in [7, 11) is 1.18. The maximum Gasteiger partial charge on any atom is 0.338 e. The lowest BCUT2D eigenvalue weighted by atomic mass is 9.97. The topological polar surface area (TPSA) is 105 Å². The number of esters is 4. The summed E-state index contributed by atoms with van der Waals surface area (Å²) in [4.78, 5) is 49.8. The Labute approximate surface area is 183 Å². The van der Waals surface area contributed by atoms with E-state index in [0.29, 0.717) is 0 Å². The van der Waals surface area contributed by atoms with Crippen molar-refractivity contribution in [3.63, 3.8) is 0 Å². The van der Waals surface area contributed by atoms with Crippen LogP contribution in [0.1, 0.15) is 72.7 Å². The van der Waals surface area contributed by atoms with Gasteiger partial charge in [-0.3, -0.25) is 14.4 Å². The van der Waals surface area contributed by atoms with Gasteiger partial charge in [-0.05, 0) is 74.4 Å². The summed E-state index contributed by atoms with van der Waals surface area (Å²) in [6.07, 6.45) is 0. The van der Waals surface area contributed by atoms with Gasteiger partial charge in [0.2, 0.25) is 5.75 Å². The molecule has 8 heteroatoms. The number of methoxy groups -OCH3 is 1. The van der Waals surface area contributed by atoms with Crippen molar-refractivity contribution in [2.75, 3.05) is 7.11 Å². The molecule has 0 aliphatic heterocycles. The van der Waals surface area contributed by atoms with Crippen molar-refractivity contribution in [2.24, 2.45) is 16.2 Å². The van der Waals surface area contributed by atoms with E-state index in [1.54, 1.807) is 62.3 Å². The lowest BCUT2D eigenvalue weighted by molar-refractivity contribution is -0.146. The molecule has 1 aromatic rings. The van der Waals surface area contributed by atoms with E-state index in [2.05, 4.69) is 0 Å². The fraction of sp³-hybridized carbons (Fsp3) is 0.565. The molecule has 0 aliphatic rings. The fourth-order valence-corrected chi connectivity index (χ4v) is 1.82. The van der Waals surface area contributed by atoms with E-state index in [-0.39, 0.29) is 22.8 Å². The molecule has 1 rings (SSSR count). The van der Waals surface area contributed by atoms with Crippen LogP contribution in [0.2, 0.25) is 0 Å². The molecule has 0 spiro atoms. The lowest BCUT2D eigenvalue weighted by Crippen LogP contribution is -2.29. The van der Waals surface area contributed by atoms with Crippen LogP contribution in [0.3, 0.4) is 0 Å². The van der Waals surface area contributed by atoms with Crippen LogP contribution in [0.15, 0.2) is 12.1 Å². The number of ether oxygens (including phenoxy) is 4. The molecule has 1 aromatic carbocycles. The summed E-state index contributed by atoms with van der Waals surface area (Å²) in [5.41, 5.74) is -2.74. The normalized spacial score (nSPS) is 12.1. The molecule has 0 saturated carbocycles. The fourth-order valence-electron chi connectivity index (χ4n) is 1.82. The smallest absolute Gasteiger partial charge is 0.338 e. The Hall–Kier alpha value is -2.90. The van der Waals surface area contributed by atoms with E-state index in [0.717, 1.165) is 0 Å². The standard InChI is InChI=1S/C23H32O8/c1-21(2,3)18(25)29-14-11-13(17(24)28-10)12-15(30-19(26)22(4,5)6)16(14)31-20(27)23(7,8)9/h11-12H,1-10H3. The number of carbonyl (C=O) groups excluding carboxylic acids is 4. The summed E-state index contributed by atoms with van der Waals surface area (Å²) >= 11 is 0. The molecule has 0 aliphatic carbocycles. The molecule has 172 valence electrons. The van der Waals surface area contributed by atoms with Gasteiger partial charge in [0.15, 0.2) is 11.5 Å². The Morgan fingerprint density at radius 1 is 0.613 bits per heavy atom. The molecule has 8 nitrogen and oxygen atoms in total. The first-order chi connectivity index (χ1) is 13.9. The van der Waals surface area contributed by atoms with Gasteiger partial charge in [-0.25, -0.2) is 4.79 Å². The summed E-state index contributed by atoms with van der Waals surface area (Å²) in [5.74, 6) is -3.45. The third-order valence-electron chi connectivity index (χ3n) is 3.88. The van der Waals surface area contributed by atoms with Crippen LogP contribution in [0.4, 0.5) is 0 Å². The first-order valence-corrected chi connectivity index (χ1v) is 9.81. The van der Waals surface area contributed by atoms with Gasteiger partial charge in [-0.2, -0.15) is 0 Å². The van der Waals surface area contributed by atoms with Crippen LogP contribution in [-0.2, 0) is 19.1 Å². The highest BCUT2D eigenvalue weighted by Gasteiger charge is 2.33. The Balaban J connectivity index is 3.73. The van der Waals surface area contributed by atoms with Crippen molar-refractivity contribution in [1.82, 2.24) is 0 Å². The predicted molar refractivity (Wildman–Crippen MR) is 113 cm³/mol. The number of hydrogen-bond acceptors (Lipinski definition) is 8. The van der Waals surface area contributed by atoms with E-state index in [1.165, 1.54) is 19.2 Å². The second-order valence-electron chi connectivity index (χ2n) is 10.2. The first-order valence-electron chi connectivity index (χ1n) is 9.81. The summed E-state index contributed by atoms with van der Waals surface area (Å²) in [5, 5.41) is 0. The van der Waals surface area contributed by atoms with Crippen molar-refractivity contribution < 1.29 is 38.1 Å². The Bertz CT molecular complexity index is 827. The Kier molecular flexibility index (Phi) is 7.65. The van der Waals surface area contributed by atoms with Gasteiger partial charge in [0, 0.05) is 0 Å². The zero-order valence-electron chi connectivity index (χ0n) is 19.9. The second-order valence-corrected chi connectivity index (χ2v) is 10.2. The molecular weight excluding hydrogens is 404 g/mol. The zero-order chi connectivity index (χ0) is 24.4. The van der Waals surface area contributed by atoms with E-state index in [9.17, 15) is 19.2 Å². The minimum Gasteiger partial charge on any atom is -0.465 e. The number of carbonyl (C=O) groups is 4. The molecule has 0 atom stereocenters. The average Bonchev–Trinajstić information content (AvgIpc) is 2.60. The zero-order valence-corrected chi connectivity index (χ0v) is 19.9. The highest BCUT2D eigenvalue weighted by molar-refractivity contribution is 5.93. The van der Waals surface area contributed by atoms with Crippen molar-refractivity contribution in [3.05, 3.63) is 17.7 Å². The molecule has 0 saturated heterocycles.